The van der Waals surface area contributed by atoms with Gasteiger partial charge in [-0.15, -0.1) is 0 Å². The molecule has 1 aromatic carbocycles. The van der Waals surface area contributed by atoms with Gasteiger partial charge in [0, 0.05) is 13.0 Å². The Morgan fingerprint density at radius 3 is 2.30 bits per heavy atom. The lowest BCUT2D eigenvalue weighted by molar-refractivity contribution is -0.143. The van der Waals surface area contributed by atoms with Crippen molar-refractivity contribution in [1.82, 2.24) is 10.2 Å². The molecule has 1 N–H and O–H groups in total. The molecule has 0 aromatic heterocycles. The van der Waals surface area contributed by atoms with Gasteiger partial charge in [-0.05, 0) is 25.5 Å². The maximum atomic E-state index is 12.1. The van der Waals surface area contributed by atoms with Gasteiger partial charge in [0.25, 0.3) is 11.8 Å². The molecule has 0 atom stereocenters. The summed E-state index contributed by atoms with van der Waals surface area (Å²) >= 11 is 0. The second-order valence-corrected chi connectivity index (χ2v) is 5.00. The molecule has 23 heavy (non-hydrogen) atoms. The van der Waals surface area contributed by atoms with Crippen molar-refractivity contribution in [3.05, 3.63) is 35.4 Å². The molecule has 7 nitrogen and oxygen atoms in total. The van der Waals surface area contributed by atoms with Crippen molar-refractivity contribution in [2.75, 3.05) is 19.7 Å². The Bertz CT molecular complexity index is 606. The van der Waals surface area contributed by atoms with Crippen LogP contribution in [0.15, 0.2) is 24.3 Å². The summed E-state index contributed by atoms with van der Waals surface area (Å²) in [5.41, 5.74) is 0.625. The lowest BCUT2D eigenvalue weighted by atomic mass is 10.1. The van der Waals surface area contributed by atoms with Gasteiger partial charge in [0.15, 0.2) is 0 Å². The predicted octanol–water partition coefficient (Wildman–Crippen LogP) is 0.742. The number of benzene rings is 1. The minimum Gasteiger partial charge on any atom is -0.466 e. The standard InChI is InChI=1S/C16H18N2O5/c1-2-23-14(20)8-5-9-17-13(19)10-18-15(21)11-6-3-4-7-12(11)16(18)22/h3-4,6-7H,2,5,8-10H2,1H3,(H,17,19). The number of hydrogen-bond acceptors (Lipinski definition) is 5. The molecule has 0 spiro atoms. The molecule has 0 unspecified atom stereocenters. The minimum absolute atomic E-state index is 0.209. The van der Waals surface area contributed by atoms with E-state index in [0.717, 1.165) is 4.90 Å². The van der Waals surface area contributed by atoms with E-state index in [1.54, 1.807) is 31.2 Å². The predicted molar refractivity (Wildman–Crippen MR) is 80.7 cm³/mol. The van der Waals surface area contributed by atoms with E-state index >= 15 is 0 Å². The van der Waals surface area contributed by atoms with E-state index in [0.29, 0.717) is 24.2 Å². The molecule has 1 aliphatic rings. The lowest BCUT2D eigenvalue weighted by Crippen LogP contribution is -2.40. The van der Waals surface area contributed by atoms with Crippen LogP contribution in [0.5, 0.6) is 0 Å². The summed E-state index contributed by atoms with van der Waals surface area (Å²) in [7, 11) is 0. The molecular weight excluding hydrogens is 300 g/mol. The highest BCUT2D eigenvalue weighted by Gasteiger charge is 2.36. The van der Waals surface area contributed by atoms with E-state index in [9.17, 15) is 19.2 Å². The van der Waals surface area contributed by atoms with Crippen molar-refractivity contribution >= 4 is 23.7 Å². The van der Waals surface area contributed by atoms with Gasteiger partial charge < -0.3 is 10.1 Å². The molecule has 1 heterocycles. The third-order valence-corrected chi connectivity index (χ3v) is 3.37. The number of rotatable bonds is 7. The molecule has 1 aliphatic heterocycles. The van der Waals surface area contributed by atoms with Crippen LogP contribution in [0, 0.1) is 0 Å². The maximum absolute atomic E-state index is 12.1. The zero-order chi connectivity index (χ0) is 16.8. The number of amides is 3. The Kier molecular flexibility index (Phi) is 5.46. The topological polar surface area (TPSA) is 92.8 Å². The highest BCUT2D eigenvalue weighted by Crippen LogP contribution is 2.21. The highest BCUT2D eigenvalue weighted by molar-refractivity contribution is 6.22. The first-order valence-electron chi connectivity index (χ1n) is 7.42. The number of fused-ring (bicyclic) bond motifs is 1. The maximum Gasteiger partial charge on any atom is 0.305 e. The summed E-state index contributed by atoms with van der Waals surface area (Å²) in [6, 6.07) is 6.46. The summed E-state index contributed by atoms with van der Waals surface area (Å²) in [5, 5.41) is 2.58. The Labute approximate surface area is 133 Å². The van der Waals surface area contributed by atoms with E-state index < -0.39 is 17.7 Å². The van der Waals surface area contributed by atoms with Crippen LogP contribution < -0.4 is 5.32 Å². The average molecular weight is 318 g/mol. The SMILES string of the molecule is CCOC(=O)CCCNC(=O)CN1C(=O)c2ccccc2C1=O. The molecule has 0 saturated carbocycles. The van der Waals surface area contributed by atoms with Crippen molar-refractivity contribution in [2.45, 2.75) is 19.8 Å². The third kappa shape index (κ3) is 3.94. The second-order valence-electron chi connectivity index (χ2n) is 5.00. The molecule has 0 aliphatic carbocycles. The molecule has 2 rings (SSSR count). The fourth-order valence-corrected chi connectivity index (χ4v) is 2.28. The number of imide groups is 1. The van der Waals surface area contributed by atoms with Crippen molar-refractivity contribution in [2.24, 2.45) is 0 Å². The molecule has 0 bridgehead atoms. The van der Waals surface area contributed by atoms with Gasteiger partial charge in [0.1, 0.15) is 6.54 Å². The van der Waals surface area contributed by atoms with E-state index in [-0.39, 0.29) is 25.5 Å². The second kappa shape index (κ2) is 7.53. The Morgan fingerprint density at radius 1 is 1.13 bits per heavy atom. The Morgan fingerprint density at radius 2 is 1.74 bits per heavy atom. The minimum atomic E-state index is -0.465. The van der Waals surface area contributed by atoms with Gasteiger partial charge in [-0.2, -0.15) is 0 Å². The van der Waals surface area contributed by atoms with Crippen molar-refractivity contribution in [3.63, 3.8) is 0 Å². The summed E-state index contributed by atoms with van der Waals surface area (Å²) in [4.78, 5) is 48.1. The molecule has 122 valence electrons. The molecule has 1 aromatic rings. The average Bonchev–Trinajstić information content (AvgIpc) is 2.77. The first kappa shape index (κ1) is 16.7. The first-order chi connectivity index (χ1) is 11.0. The van der Waals surface area contributed by atoms with Crippen LogP contribution in [0.4, 0.5) is 0 Å². The summed E-state index contributed by atoms with van der Waals surface area (Å²) in [5.74, 6) is -1.69. The smallest absolute Gasteiger partial charge is 0.305 e. The molecule has 0 fully saturated rings. The zero-order valence-corrected chi connectivity index (χ0v) is 12.8. The van der Waals surface area contributed by atoms with Crippen LogP contribution in [0.2, 0.25) is 0 Å². The first-order valence-corrected chi connectivity index (χ1v) is 7.42. The van der Waals surface area contributed by atoms with Crippen LogP contribution >= 0.6 is 0 Å². The van der Waals surface area contributed by atoms with Crippen molar-refractivity contribution in [3.8, 4) is 0 Å². The Balaban J connectivity index is 1.80. The number of carbonyl (C=O) groups is 4. The van der Waals surface area contributed by atoms with Crippen LogP contribution in [0.1, 0.15) is 40.5 Å². The fraction of sp³-hybridized carbons (Fsp3) is 0.375. The van der Waals surface area contributed by atoms with Crippen molar-refractivity contribution < 1.29 is 23.9 Å². The number of nitrogens with one attached hydrogen (secondary N) is 1. The molecule has 0 saturated heterocycles. The normalized spacial score (nSPS) is 13.0. The number of nitrogens with zero attached hydrogens (tertiary/aromatic N) is 1. The van der Waals surface area contributed by atoms with Gasteiger partial charge in [-0.1, -0.05) is 12.1 Å². The van der Waals surface area contributed by atoms with Gasteiger partial charge in [-0.3, -0.25) is 24.1 Å². The summed E-state index contributed by atoms with van der Waals surface area (Å²) < 4.78 is 4.77. The summed E-state index contributed by atoms with van der Waals surface area (Å²) in [6.07, 6.45) is 0.647. The van der Waals surface area contributed by atoms with Crippen LogP contribution in [0.3, 0.4) is 0 Å². The van der Waals surface area contributed by atoms with Gasteiger partial charge in [-0.25, -0.2) is 0 Å². The lowest BCUT2D eigenvalue weighted by Gasteiger charge is -2.13. The number of ether oxygens (including phenoxy) is 1. The largest absolute Gasteiger partial charge is 0.466 e. The summed E-state index contributed by atoms with van der Waals surface area (Å²) in [6.45, 7) is 2.00. The monoisotopic (exact) mass is 318 g/mol. The van der Waals surface area contributed by atoms with Gasteiger partial charge in [0.2, 0.25) is 5.91 Å². The van der Waals surface area contributed by atoms with E-state index in [2.05, 4.69) is 5.32 Å². The molecule has 0 radical (unpaired) electrons. The number of hydrogen-bond donors (Lipinski definition) is 1. The van der Waals surface area contributed by atoms with Gasteiger partial charge in [0.05, 0.1) is 17.7 Å². The molecular formula is C16H18N2O5. The zero-order valence-electron chi connectivity index (χ0n) is 12.8. The van der Waals surface area contributed by atoms with E-state index in [1.807, 2.05) is 0 Å². The molecule has 3 amide bonds. The van der Waals surface area contributed by atoms with E-state index in [4.69, 9.17) is 4.74 Å². The number of carbonyl (C=O) groups excluding carboxylic acids is 4. The van der Waals surface area contributed by atoms with Crippen molar-refractivity contribution in [1.29, 1.82) is 0 Å². The van der Waals surface area contributed by atoms with Gasteiger partial charge >= 0.3 is 5.97 Å². The molecule has 7 heteroatoms. The Hall–Kier alpha value is -2.70. The van der Waals surface area contributed by atoms with Crippen LogP contribution in [-0.2, 0) is 14.3 Å². The van der Waals surface area contributed by atoms with Crippen LogP contribution in [0.25, 0.3) is 0 Å². The highest BCUT2D eigenvalue weighted by atomic mass is 16.5. The fourth-order valence-electron chi connectivity index (χ4n) is 2.28. The van der Waals surface area contributed by atoms with Crippen LogP contribution in [-0.4, -0.2) is 48.3 Å². The number of esters is 1. The van der Waals surface area contributed by atoms with E-state index in [1.165, 1.54) is 0 Å². The quantitative estimate of drug-likeness (QED) is 0.455. The third-order valence-electron chi connectivity index (χ3n) is 3.37.